The Balaban J connectivity index is 2.09. The lowest BCUT2D eigenvalue weighted by Gasteiger charge is -2.10. The summed E-state index contributed by atoms with van der Waals surface area (Å²) in [5, 5.41) is 4.29. The number of anilines is 3. The van der Waals surface area contributed by atoms with Crippen LogP contribution in [0.1, 0.15) is 0 Å². The van der Waals surface area contributed by atoms with Crippen LogP contribution < -0.4 is 11.1 Å². The normalized spacial score (nSPS) is 10.6. The quantitative estimate of drug-likeness (QED) is 0.541. The summed E-state index contributed by atoms with van der Waals surface area (Å²) in [6.07, 6.45) is 1.54. The zero-order valence-electron chi connectivity index (χ0n) is 9.97. The van der Waals surface area contributed by atoms with Crippen LogP contribution in [0, 0.1) is 3.57 Å². The number of benzene rings is 2. The fourth-order valence-electron chi connectivity index (χ4n) is 1.86. The second kappa shape index (κ2) is 5.00. The number of nitrogen functional groups attached to an aromatic ring is 1. The summed E-state index contributed by atoms with van der Waals surface area (Å²) in [6.45, 7) is 0. The number of hydrogen-bond acceptors (Lipinski definition) is 4. The van der Waals surface area contributed by atoms with Crippen molar-refractivity contribution in [2.45, 2.75) is 0 Å². The van der Waals surface area contributed by atoms with Crippen molar-refractivity contribution in [3.05, 3.63) is 52.4 Å². The second-order valence-electron chi connectivity index (χ2n) is 4.10. The molecule has 0 spiro atoms. The van der Waals surface area contributed by atoms with Crippen molar-refractivity contribution in [2.75, 3.05) is 11.1 Å². The number of fused-ring (bicyclic) bond motifs is 1. The molecule has 1 aromatic heterocycles. The molecule has 0 amide bonds. The average Bonchev–Trinajstić information content (AvgIpc) is 2.41. The molecule has 0 radical (unpaired) electrons. The number of halogens is 1. The number of hydrogen-bond donors (Lipinski definition) is 2. The Kier molecular flexibility index (Phi) is 3.20. The van der Waals surface area contributed by atoms with Gasteiger partial charge in [-0.25, -0.2) is 9.97 Å². The lowest BCUT2D eigenvalue weighted by molar-refractivity contribution is 1.22. The van der Waals surface area contributed by atoms with Gasteiger partial charge >= 0.3 is 0 Å². The smallest absolute Gasteiger partial charge is 0.141 e. The van der Waals surface area contributed by atoms with E-state index < -0.39 is 0 Å². The molecule has 0 saturated carbocycles. The Bertz CT molecular complexity index is 742. The van der Waals surface area contributed by atoms with Crippen molar-refractivity contribution in [1.29, 1.82) is 0 Å². The maximum atomic E-state index is 5.77. The van der Waals surface area contributed by atoms with Crippen molar-refractivity contribution >= 4 is 50.7 Å². The molecule has 0 atom stereocenters. The van der Waals surface area contributed by atoms with Gasteiger partial charge in [0.25, 0.3) is 0 Å². The Labute approximate surface area is 124 Å². The van der Waals surface area contributed by atoms with E-state index in [-0.39, 0.29) is 0 Å². The lowest BCUT2D eigenvalue weighted by Crippen LogP contribution is -1.98. The van der Waals surface area contributed by atoms with E-state index in [1.807, 2.05) is 42.5 Å². The van der Waals surface area contributed by atoms with Gasteiger partial charge in [-0.05, 0) is 52.9 Å². The Morgan fingerprint density at radius 1 is 1.05 bits per heavy atom. The summed E-state index contributed by atoms with van der Waals surface area (Å²) < 4.78 is 1.14. The molecule has 94 valence electrons. The van der Waals surface area contributed by atoms with Gasteiger partial charge in [-0.3, -0.25) is 0 Å². The molecule has 0 saturated heterocycles. The van der Waals surface area contributed by atoms with E-state index in [4.69, 9.17) is 5.73 Å². The number of para-hydroxylation sites is 1. The summed E-state index contributed by atoms with van der Waals surface area (Å²) in [6, 6.07) is 13.7. The number of aromatic nitrogens is 2. The van der Waals surface area contributed by atoms with E-state index in [0.29, 0.717) is 5.69 Å². The topological polar surface area (TPSA) is 63.8 Å². The molecule has 4 nitrogen and oxygen atoms in total. The third-order valence-electron chi connectivity index (χ3n) is 2.79. The van der Waals surface area contributed by atoms with Crippen LogP contribution in [0.2, 0.25) is 0 Å². The number of rotatable bonds is 2. The lowest BCUT2D eigenvalue weighted by atomic mass is 10.2. The third-order valence-corrected chi connectivity index (χ3v) is 3.73. The fourth-order valence-corrected chi connectivity index (χ4v) is 2.39. The molecular weight excluding hydrogens is 351 g/mol. The van der Waals surface area contributed by atoms with Crippen molar-refractivity contribution in [3.63, 3.8) is 0 Å². The Hall–Kier alpha value is -1.89. The third kappa shape index (κ3) is 2.46. The minimum absolute atomic E-state index is 0.700. The van der Waals surface area contributed by atoms with E-state index in [1.165, 1.54) is 0 Å². The van der Waals surface area contributed by atoms with Crippen molar-refractivity contribution in [2.24, 2.45) is 0 Å². The number of nitrogens with one attached hydrogen (secondary N) is 1. The summed E-state index contributed by atoms with van der Waals surface area (Å²) in [5.41, 5.74) is 8.33. The predicted octanol–water partition coefficient (Wildman–Crippen LogP) is 3.56. The zero-order valence-corrected chi connectivity index (χ0v) is 12.1. The molecule has 0 unspecified atom stereocenters. The molecule has 3 aromatic rings. The van der Waals surface area contributed by atoms with Crippen LogP contribution in [-0.4, -0.2) is 9.97 Å². The second-order valence-corrected chi connectivity index (χ2v) is 5.27. The van der Waals surface area contributed by atoms with Gasteiger partial charge in [0.05, 0.1) is 11.2 Å². The number of nitrogens with zero attached hydrogens (tertiary/aromatic N) is 2. The van der Waals surface area contributed by atoms with Gasteiger partial charge in [-0.1, -0.05) is 12.1 Å². The fraction of sp³-hybridized carbons (Fsp3) is 0. The van der Waals surface area contributed by atoms with Crippen molar-refractivity contribution in [3.8, 4) is 0 Å². The Morgan fingerprint density at radius 3 is 2.74 bits per heavy atom. The average molecular weight is 362 g/mol. The molecule has 5 heteroatoms. The van der Waals surface area contributed by atoms with E-state index >= 15 is 0 Å². The monoisotopic (exact) mass is 362 g/mol. The maximum absolute atomic E-state index is 5.77. The zero-order chi connectivity index (χ0) is 13.2. The first kappa shape index (κ1) is 12.2. The van der Waals surface area contributed by atoms with Gasteiger partial charge in [0.2, 0.25) is 0 Å². The summed E-state index contributed by atoms with van der Waals surface area (Å²) in [5.74, 6) is 0.786. The molecule has 0 aliphatic heterocycles. The van der Waals surface area contributed by atoms with Gasteiger partial charge < -0.3 is 11.1 Å². The minimum Gasteiger partial charge on any atom is -0.399 e. The molecule has 0 fully saturated rings. The van der Waals surface area contributed by atoms with Crippen LogP contribution in [0.3, 0.4) is 0 Å². The largest absolute Gasteiger partial charge is 0.399 e. The maximum Gasteiger partial charge on any atom is 0.141 e. The van der Waals surface area contributed by atoms with Crippen LogP contribution in [0.15, 0.2) is 48.8 Å². The van der Waals surface area contributed by atoms with Crippen LogP contribution in [0.5, 0.6) is 0 Å². The van der Waals surface area contributed by atoms with Crippen LogP contribution >= 0.6 is 22.6 Å². The molecule has 0 aliphatic rings. The summed E-state index contributed by atoms with van der Waals surface area (Å²) >= 11 is 2.29. The van der Waals surface area contributed by atoms with Crippen LogP contribution in [0.4, 0.5) is 17.2 Å². The van der Waals surface area contributed by atoms with E-state index in [2.05, 4.69) is 37.9 Å². The van der Waals surface area contributed by atoms with Gasteiger partial charge in [0.1, 0.15) is 12.1 Å². The molecule has 19 heavy (non-hydrogen) atoms. The molecule has 1 heterocycles. The van der Waals surface area contributed by atoms with E-state index in [1.54, 1.807) is 6.33 Å². The highest BCUT2D eigenvalue weighted by molar-refractivity contribution is 14.1. The highest BCUT2D eigenvalue weighted by Crippen LogP contribution is 2.26. The van der Waals surface area contributed by atoms with Gasteiger partial charge in [-0.15, -0.1) is 0 Å². The van der Waals surface area contributed by atoms with Crippen molar-refractivity contribution in [1.82, 2.24) is 9.97 Å². The highest BCUT2D eigenvalue weighted by atomic mass is 127. The molecule has 3 N–H and O–H groups in total. The molecule has 3 rings (SSSR count). The van der Waals surface area contributed by atoms with Gasteiger partial charge in [-0.2, -0.15) is 0 Å². The standard InChI is InChI=1S/C14H11IN4/c15-11-3-1-2-4-12(11)19-14-10-6-5-9(16)7-13(10)17-8-18-14/h1-8H,16H2,(H,17,18,19). The van der Waals surface area contributed by atoms with Crippen LogP contribution in [0.25, 0.3) is 10.9 Å². The van der Waals surface area contributed by atoms with E-state index in [9.17, 15) is 0 Å². The molecular formula is C14H11IN4. The first-order chi connectivity index (χ1) is 9.24. The first-order valence-electron chi connectivity index (χ1n) is 5.76. The van der Waals surface area contributed by atoms with Gasteiger partial charge in [0, 0.05) is 14.6 Å². The Morgan fingerprint density at radius 2 is 1.89 bits per heavy atom. The molecule has 0 aliphatic carbocycles. The number of nitrogens with two attached hydrogens (primary N) is 1. The summed E-state index contributed by atoms with van der Waals surface area (Å²) in [4.78, 5) is 8.54. The van der Waals surface area contributed by atoms with E-state index in [0.717, 1.165) is 26.0 Å². The van der Waals surface area contributed by atoms with Crippen LogP contribution in [-0.2, 0) is 0 Å². The van der Waals surface area contributed by atoms with Crippen molar-refractivity contribution < 1.29 is 0 Å². The minimum atomic E-state index is 0.700. The SMILES string of the molecule is Nc1ccc2c(Nc3ccccc3I)ncnc2c1. The highest BCUT2D eigenvalue weighted by Gasteiger charge is 2.05. The molecule has 2 aromatic carbocycles. The predicted molar refractivity (Wildman–Crippen MR) is 86.4 cm³/mol. The first-order valence-corrected chi connectivity index (χ1v) is 6.84. The summed E-state index contributed by atoms with van der Waals surface area (Å²) in [7, 11) is 0. The molecule has 0 bridgehead atoms. The van der Waals surface area contributed by atoms with Gasteiger partial charge in [0.15, 0.2) is 0 Å².